The maximum atomic E-state index is 13.9. The van der Waals surface area contributed by atoms with Crippen molar-refractivity contribution < 1.29 is 23.5 Å². The highest BCUT2D eigenvalue weighted by atomic mass is 19.1. The van der Waals surface area contributed by atoms with Crippen LogP contribution in [0.4, 0.5) is 4.39 Å². The van der Waals surface area contributed by atoms with Crippen molar-refractivity contribution in [3.63, 3.8) is 0 Å². The van der Waals surface area contributed by atoms with E-state index in [4.69, 9.17) is 9.47 Å². The first-order chi connectivity index (χ1) is 16.5. The Morgan fingerprint density at radius 1 is 1.18 bits per heavy atom. The van der Waals surface area contributed by atoms with Crippen LogP contribution in [0.15, 0.2) is 53.6 Å². The molecule has 0 N–H and O–H groups in total. The lowest BCUT2D eigenvalue weighted by atomic mass is 9.97. The Morgan fingerprint density at radius 2 is 1.97 bits per heavy atom. The molecule has 2 heterocycles. The third-order valence-electron chi connectivity index (χ3n) is 6.31. The highest BCUT2D eigenvalue weighted by Gasteiger charge is 2.35. The van der Waals surface area contributed by atoms with Crippen LogP contribution < -0.4 is 4.74 Å². The van der Waals surface area contributed by atoms with Crippen LogP contribution in [0.3, 0.4) is 0 Å². The average molecular weight is 468 g/mol. The van der Waals surface area contributed by atoms with E-state index in [9.17, 15) is 14.0 Å². The molecule has 2 atom stereocenters. The van der Waals surface area contributed by atoms with E-state index in [0.717, 1.165) is 30.7 Å². The van der Waals surface area contributed by atoms with Crippen LogP contribution in [0.2, 0.25) is 0 Å². The fourth-order valence-electron chi connectivity index (χ4n) is 4.58. The number of ether oxygens (including phenoxy) is 2. The van der Waals surface area contributed by atoms with Crippen molar-refractivity contribution in [2.24, 2.45) is 11.0 Å². The number of carbonyl (C=O) groups excluding carboxylic acids is 2. The monoisotopic (exact) mass is 467 g/mol. The van der Waals surface area contributed by atoms with Gasteiger partial charge in [-0.05, 0) is 56.1 Å². The van der Waals surface area contributed by atoms with E-state index in [1.807, 2.05) is 29.2 Å². The van der Waals surface area contributed by atoms with Crippen LogP contribution in [0.5, 0.6) is 5.75 Å². The molecular weight excluding hydrogens is 437 g/mol. The maximum absolute atomic E-state index is 13.9. The molecule has 2 aliphatic rings. The number of halogens is 1. The number of nitrogens with zero attached hydrogens (tertiary/aromatic N) is 3. The molecule has 0 bridgehead atoms. The fourth-order valence-corrected chi connectivity index (χ4v) is 4.58. The minimum Gasteiger partial charge on any atom is -0.497 e. The second-order valence-corrected chi connectivity index (χ2v) is 8.61. The lowest BCUT2D eigenvalue weighted by Crippen LogP contribution is -2.44. The molecule has 4 rings (SSSR count). The molecule has 0 unspecified atom stereocenters. The van der Waals surface area contributed by atoms with Gasteiger partial charge in [-0.2, -0.15) is 5.10 Å². The number of methoxy groups -OCH3 is 1. The summed E-state index contributed by atoms with van der Waals surface area (Å²) in [5.74, 6) is -0.197. The number of esters is 1. The van der Waals surface area contributed by atoms with Gasteiger partial charge in [-0.3, -0.25) is 14.5 Å². The average Bonchev–Trinajstić information content (AvgIpc) is 3.30. The molecule has 0 saturated carbocycles. The largest absolute Gasteiger partial charge is 0.497 e. The molecule has 0 spiro atoms. The third-order valence-corrected chi connectivity index (χ3v) is 6.31. The van der Waals surface area contributed by atoms with Gasteiger partial charge in [0, 0.05) is 18.5 Å². The van der Waals surface area contributed by atoms with Gasteiger partial charge in [0.1, 0.15) is 11.6 Å². The Bertz CT molecular complexity index is 1060. The van der Waals surface area contributed by atoms with Gasteiger partial charge in [0.05, 0.1) is 37.9 Å². The number of amides is 1. The molecule has 7 nitrogen and oxygen atoms in total. The number of piperidine rings is 1. The first-order valence-electron chi connectivity index (χ1n) is 11.7. The quantitative estimate of drug-likeness (QED) is 0.580. The van der Waals surface area contributed by atoms with E-state index >= 15 is 0 Å². The van der Waals surface area contributed by atoms with Gasteiger partial charge in [0.2, 0.25) is 0 Å². The first-order valence-corrected chi connectivity index (χ1v) is 11.7. The van der Waals surface area contributed by atoms with Gasteiger partial charge >= 0.3 is 5.97 Å². The first kappa shape index (κ1) is 23.9. The Balaban J connectivity index is 1.54. The highest BCUT2D eigenvalue weighted by Crippen LogP contribution is 2.34. The molecule has 1 fully saturated rings. The fraction of sp³-hybridized carbons (Fsp3) is 0.423. The van der Waals surface area contributed by atoms with E-state index in [1.165, 1.54) is 17.1 Å². The molecule has 0 aromatic heterocycles. The molecular formula is C26H30FN3O4. The summed E-state index contributed by atoms with van der Waals surface area (Å²) in [6.45, 7) is 3.53. The summed E-state index contributed by atoms with van der Waals surface area (Å²) < 4.78 is 24.3. The number of carbonyl (C=O) groups is 2. The molecule has 0 radical (unpaired) electrons. The number of hydrogen-bond donors (Lipinski definition) is 0. The zero-order chi connectivity index (χ0) is 24.1. The van der Waals surface area contributed by atoms with Crippen LogP contribution >= 0.6 is 0 Å². The van der Waals surface area contributed by atoms with E-state index < -0.39 is 0 Å². The Kier molecular flexibility index (Phi) is 7.57. The predicted octanol–water partition coefficient (Wildman–Crippen LogP) is 3.79. The molecule has 2 aromatic carbocycles. The van der Waals surface area contributed by atoms with Crippen molar-refractivity contribution in [2.75, 3.05) is 33.4 Å². The predicted molar refractivity (Wildman–Crippen MR) is 126 cm³/mol. The van der Waals surface area contributed by atoms with Crippen molar-refractivity contribution in [1.82, 2.24) is 9.91 Å². The molecule has 180 valence electrons. The topological polar surface area (TPSA) is 71.4 Å². The van der Waals surface area contributed by atoms with Crippen LogP contribution in [0.1, 0.15) is 43.4 Å². The van der Waals surface area contributed by atoms with Gasteiger partial charge in [0.15, 0.2) is 0 Å². The highest BCUT2D eigenvalue weighted by molar-refractivity contribution is 6.03. The van der Waals surface area contributed by atoms with Crippen molar-refractivity contribution in [2.45, 2.75) is 32.2 Å². The Hall–Kier alpha value is -3.26. The van der Waals surface area contributed by atoms with Crippen LogP contribution in [-0.4, -0.2) is 60.8 Å². The van der Waals surface area contributed by atoms with Gasteiger partial charge in [-0.25, -0.2) is 9.40 Å². The molecule has 1 saturated heterocycles. The van der Waals surface area contributed by atoms with Crippen LogP contribution in [0.25, 0.3) is 0 Å². The van der Waals surface area contributed by atoms with Gasteiger partial charge in [-0.1, -0.05) is 24.3 Å². The Labute approximate surface area is 199 Å². The lowest BCUT2D eigenvalue weighted by molar-refractivity contribution is -0.150. The second kappa shape index (κ2) is 10.8. The summed E-state index contributed by atoms with van der Waals surface area (Å²) in [7, 11) is 1.60. The maximum Gasteiger partial charge on any atom is 0.310 e. The van der Waals surface area contributed by atoms with Gasteiger partial charge in [-0.15, -0.1) is 0 Å². The zero-order valence-corrected chi connectivity index (χ0v) is 19.6. The van der Waals surface area contributed by atoms with E-state index in [-0.39, 0.29) is 36.2 Å². The minimum atomic E-state index is -0.343. The van der Waals surface area contributed by atoms with Crippen LogP contribution in [0, 0.1) is 11.7 Å². The summed E-state index contributed by atoms with van der Waals surface area (Å²) in [5, 5.41) is 6.14. The molecule has 1 amide bonds. The van der Waals surface area contributed by atoms with E-state index in [2.05, 4.69) is 5.10 Å². The summed E-state index contributed by atoms with van der Waals surface area (Å²) in [4.78, 5) is 27.6. The summed E-state index contributed by atoms with van der Waals surface area (Å²) in [6, 6.07) is 13.5. The number of rotatable bonds is 7. The smallest absolute Gasteiger partial charge is 0.310 e. The molecule has 0 aliphatic carbocycles. The molecule has 34 heavy (non-hydrogen) atoms. The summed E-state index contributed by atoms with van der Waals surface area (Å²) in [6.07, 6.45) is 2.08. The minimum absolute atomic E-state index is 0.155. The number of likely N-dealkylation sites (tertiary alicyclic amines) is 1. The Morgan fingerprint density at radius 3 is 2.68 bits per heavy atom. The van der Waals surface area contributed by atoms with Crippen molar-refractivity contribution in [3.05, 3.63) is 65.5 Å². The van der Waals surface area contributed by atoms with Crippen molar-refractivity contribution >= 4 is 17.6 Å². The lowest BCUT2D eigenvalue weighted by Gasteiger charge is -2.32. The number of hydrazone groups is 1. The summed E-state index contributed by atoms with van der Waals surface area (Å²) in [5.41, 5.74) is 2.25. The summed E-state index contributed by atoms with van der Waals surface area (Å²) >= 11 is 0. The standard InChI is InChI=1S/C26H30FN3O4/c1-3-34-26(32)20-7-5-13-29(16-20)17-25(31)30-24(18-9-11-22(33-2)12-10-18)15-23(28-30)19-6-4-8-21(27)14-19/h4,6,8-12,14,20,24H,3,5,7,13,15-17H2,1-2H3/t20-,24-/m0/s1. The molecule has 2 aromatic rings. The van der Waals surface area contributed by atoms with Gasteiger partial charge in [0.25, 0.3) is 5.91 Å². The van der Waals surface area contributed by atoms with Gasteiger partial charge < -0.3 is 9.47 Å². The normalized spacial score (nSPS) is 20.7. The number of hydrogen-bond acceptors (Lipinski definition) is 6. The van der Waals surface area contributed by atoms with Crippen molar-refractivity contribution in [1.29, 1.82) is 0 Å². The SMILES string of the molecule is CCOC(=O)[C@H]1CCCN(CC(=O)N2N=C(c3cccc(F)c3)C[C@H]2c2ccc(OC)cc2)C1. The molecule has 2 aliphatic heterocycles. The third kappa shape index (κ3) is 5.44. The molecule has 8 heteroatoms. The second-order valence-electron chi connectivity index (χ2n) is 8.61. The number of benzene rings is 2. The zero-order valence-electron chi connectivity index (χ0n) is 19.6. The van der Waals surface area contributed by atoms with E-state index in [1.54, 1.807) is 26.2 Å². The van der Waals surface area contributed by atoms with Crippen molar-refractivity contribution in [3.8, 4) is 5.75 Å². The van der Waals surface area contributed by atoms with E-state index in [0.29, 0.717) is 30.8 Å². The van der Waals surface area contributed by atoms with Crippen LogP contribution in [-0.2, 0) is 14.3 Å².